The van der Waals surface area contributed by atoms with Gasteiger partial charge in [-0.3, -0.25) is 0 Å². The van der Waals surface area contributed by atoms with Crippen molar-refractivity contribution in [2.45, 2.75) is 56.4 Å². The van der Waals surface area contributed by atoms with E-state index in [0.717, 1.165) is 5.92 Å². The minimum Gasteiger partial charge on any atom is -0.381 e. The average Bonchev–Trinajstić information content (AvgIpc) is 2.42. The molecule has 0 unspecified atom stereocenters. The van der Waals surface area contributed by atoms with Gasteiger partial charge in [-0.2, -0.15) is 0 Å². The standard InChI is InChI=1S/C16H25NS/c1-3-6-13-9-11-14(12-10-13)17-15-7-4-5-8-16(15)18-2/h4-5,7-8,13-14,17H,3,6,9-12H2,1-2H3. The largest absolute Gasteiger partial charge is 0.381 e. The van der Waals surface area contributed by atoms with Gasteiger partial charge in [0.25, 0.3) is 0 Å². The van der Waals surface area contributed by atoms with Crippen LogP contribution in [0.3, 0.4) is 0 Å². The molecule has 1 N–H and O–H groups in total. The first-order valence-electron chi connectivity index (χ1n) is 7.23. The molecule has 0 aliphatic heterocycles. The molecule has 0 heterocycles. The van der Waals surface area contributed by atoms with E-state index in [-0.39, 0.29) is 0 Å². The highest BCUT2D eigenvalue weighted by Crippen LogP contribution is 2.31. The van der Waals surface area contributed by atoms with Crippen molar-refractivity contribution in [3.63, 3.8) is 0 Å². The summed E-state index contributed by atoms with van der Waals surface area (Å²) in [5.41, 5.74) is 1.32. The fourth-order valence-corrected chi connectivity index (χ4v) is 3.55. The second kappa shape index (κ2) is 7.08. The summed E-state index contributed by atoms with van der Waals surface area (Å²) in [6, 6.07) is 9.35. The van der Waals surface area contributed by atoms with Gasteiger partial charge in [0.1, 0.15) is 0 Å². The zero-order chi connectivity index (χ0) is 12.8. The lowest BCUT2D eigenvalue weighted by Crippen LogP contribution is -2.26. The van der Waals surface area contributed by atoms with E-state index in [2.05, 4.69) is 42.8 Å². The molecule has 1 aromatic rings. The van der Waals surface area contributed by atoms with Gasteiger partial charge in [-0.15, -0.1) is 11.8 Å². The second-order valence-electron chi connectivity index (χ2n) is 5.35. The van der Waals surface area contributed by atoms with Gasteiger partial charge in [-0.05, 0) is 50.0 Å². The zero-order valence-corrected chi connectivity index (χ0v) is 12.4. The van der Waals surface area contributed by atoms with Crippen molar-refractivity contribution in [1.29, 1.82) is 0 Å². The molecule has 0 amide bonds. The molecule has 1 nitrogen and oxygen atoms in total. The molecule has 1 saturated carbocycles. The molecule has 2 rings (SSSR count). The van der Waals surface area contributed by atoms with E-state index in [9.17, 15) is 0 Å². The molecule has 2 heteroatoms. The Morgan fingerprint density at radius 3 is 2.56 bits per heavy atom. The number of thioether (sulfide) groups is 1. The van der Waals surface area contributed by atoms with Crippen LogP contribution in [0.2, 0.25) is 0 Å². The van der Waals surface area contributed by atoms with Gasteiger partial charge in [0.15, 0.2) is 0 Å². The van der Waals surface area contributed by atoms with Crippen LogP contribution in [-0.4, -0.2) is 12.3 Å². The number of nitrogens with one attached hydrogen (secondary N) is 1. The minimum atomic E-state index is 0.686. The first-order valence-corrected chi connectivity index (χ1v) is 8.45. The SMILES string of the molecule is CCCC1CCC(Nc2ccccc2SC)CC1. The highest BCUT2D eigenvalue weighted by Gasteiger charge is 2.20. The Morgan fingerprint density at radius 1 is 1.17 bits per heavy atom. The van der Waals surface area contributed by atoms with E-state index in [1.807, 2.05) is 11.8 Å². The predicted molar refractivity (Wildman–Crippen MR) is 82.5 cm³/mol. The van der Waals surface area contributed by atoms with Crippen molar-refractivity contribution in [2.75, 3.05) is 11.6 Å². The van der Waals surface area contributed by atoms with Crippen LogP contribution < -0.4 is 5.32 Å². The molecule has 0 saturated heterocycles. The van der Waals surface area contributed by atoms with Crippen molar-refractivity contribution in [3.05, 3.63) is 24.3 Å². The lowest BCUT2D eigenvalue weighted by molar-refractivity contribution is 0.319. The number of hydrogen-bond acceptors (Lipinski definition) is 2. The minimum absolute atomic E-state index is 0.686. The Morgan fingerprint density at radius 2 is 1.89 bits per heavy atom. The second-order valence-corrected chi connectivity index (χ2v) is 6.20. The number of benzene rings is 1. The number of anilines is 1. The highest BCUT2D eigenvalue weighted by atomic mass is 32.2. The van der Waals surface area contributed by atoms with Gasteiger partial charge >= 0.3 is 0 Å². The number of rotatable bonds is 5. The van der Waals surface area contributed by atoms with Gasteiger partial charge < -0.3 is 5.32 Å². The molecule has 1 aromatic carbocycles. The van der Waals surface area contributed by atoms with Crippen LogP contribution in [0.1, 0.15) is 45.4 Å². The maximum absolute atomic E-state index is 3.74. The van der Waals surface area contributed by atoms with Crippen molar-refractivity contribution in [3.8, 4) is 0 Å². The van der Waals surface area contributed by atoms with Gasteiger partial charge in [-0.1, -0.05) is 31.9 Å². The maximum atomic E-state index is 3.74. The molecule has 0 atom stereocenters. The molecular formula is C16H25NS. The lowest BCUT2D eigenvalue weighted by atomic mass is 9.83. The molecule has 100 valence electrons. The van der Waals surface area contributed by atoms with Crippen molar-refractivity contribution in [2.24, 2.45) is 5.92 Å². The molecule has 1 aliphatic carbocycles. The molecule has 1 aliphatic rings. The first kappa shape index (κ1) is 13.8. The third-order valence-corrected chi connectivity index (χ3v) is 4.81. The summed E-state index contributed by atoms with van der Waals surface area (Å²) in [6.07, 6.45) is 10.4. The normalized spacial score (nSPS) is 23.9. The van der Waals surface area contributed by atoms with Crippen molar-refractivity contribution in [1.82, 2.24) is 0 Å². The summed E-state index contributed by atoms with van der Waals surface area (Å²) in [5.74, 6) is 0.990. The Kier molecular flexibility index (Phi) is 5.43. The first-order chi connectivity index (χ1) is 8.83. The van der Waals surface area contributed by atoms with E-state index >= 15 is 0 Å². The van der Waals surface area contributed by atoms with Gasteiger partial charge in [0, 0.05) is 16.6 Å². The zero-order valence-electron chi connectivity index (χ0n) is 11.6. The molecule has 0 aromatic heterocycles. The smallest absolute Gasteiger partial charge is 0.0480 e. The van der Waals surface area contributed by atoms with Gasteiger partial charge in [-0.25, -0.2) is 0 Å². The summed E-state index contributed by atoms with van der Waals surface area (Å²) in [4.78, 5) is 1.37. The fraction of sp³-hybridized carbons (Fsp3) is 0.625. The molecular weight excluding hydrogens is 238 g/mol. The van der Waals surface area contributed by atoms with Gasteiger partial charge in [0.2, 0.25) is 0 Å². The Balaban J connectivity index is 1.87. The third-order valence-electron chi connectivity index (χ3n) is 4.01. The number of para-hydroxylation sites is 1. The van der Waals surface area contributed by atoms with E-state index in [1.165, 1.54) is 49.1 Å². The molecule has 0 bridgehead atoms. The fourth-order valence-electron chi connectivity index (χ4n) is 2.99. The molecule has 0 spiro atoms. The Labute approximate surface area is 116 Å². The van der Waals surface area contributed by atoms with E-state index in [0.29, 0.717) is 6.04 Å². The van der Waals surface area contributed by atoms with Crippen LogP contribution in [0.25, 0.3) is 0 Å². The average molecular weight is 263 g/mol. The summed E-state index contributed by atoms with van der Waals surface area (Å²) in [7, 11) is 0. The van der Waals surface area contributed by atoms with E-state index in [1.54, 1.807) is 0 Å². The quantitative estimate of drug-likeness (QED) is 0.735. The van der Waals surface area contributed by atoms with E-state index < -0.39 is 0 Å². The molecule has 0 radical (unpaired) electrons. The van der Waals surface area contributed by atoms with Crippen LogP contribution >= 0.6 is 11.8 Å². The summed E-state index contributed by atoms with van der Waals surface area (Å²) >= 11 is 1.83. The van der Waals surface area contributed by atoms with Crippen molar-refractivity contribution >= 4 is 17.4 Å². The van der Waals surface area contributed by atoms with Crippen LogP contribution in [-0.2, 0) is 0 Å². The monoisotopic (exact) mass is 263 g/mol. The summed E-state index contributed by atoms with van der Waals surface area (Å²) in [5, 5.41) is 3.74. The summed E-state index contributed by atoms with van der Waals surface area (Å²) < 4.78 is 0. The molecule has 1 fully saturated rings. The highest BCUT2D eigenvalue weighted by molar-refractivity contribution is 7.98. The van der Waals surface area contributed by atoms with E-state index in [4.69, 9.17) is 0 Å². The summed E-state index contributed by atoms with van der Waals surface area (Å²) in [6.45, 7) is 2.30. The van der Waals surface area contributed by atoms with Crippen LogP contribution in [0.5, 0.6) is 0 Å². The van der Waals surface area contributed by atoms with Crippen LogP contribution in [0, 0.1) is 5.92 Å². The lowest BCUT2D eigenvalue weighted by Gasteiger charge is -2.30. The third kappa shape index (κ3) is 3.68. The van der Waals surface area contributed by atoms with Crippen LogP contribution in [0.15, 0.2) is 29.2 Å². The predicted octanol–water partition coefficient (Wildman–Crippen LogP) is 5.18. The Hall–Kier alpha value is -0.630. The Bertz CT molecular complexity index is 356. The van der Waals surface area contributed by atoms with Crippen molar-refractivity contribution < 1.29 is 0 Å². The van der Waals surface area contributed by atoms with Gasteiger partial charge in [0.05, 0.1) is 0 Å². The molecule has 18 heavy (non-hydrogen) atoms. The van der Waals surface area contributed by atoms with Crippen LogP contribution in [0.4, 0.5) is 5.69 Å². The topological polar surface area (TPSA) is 12.0 Å². The maximum Gasteiger partial charge on any atom is 0.0480 e. The number of hydrogen-bond donors (Lipinski definition) is 1.